The molecule has 2 heteroatoms. The molecule has 3 aromatic rings. The molecule has 3 aromatic carbocycles. The summed E-state index contributed by atoms with van der Waals surface area (Å²) in [5.74, 6) is 0. The second-order valence-corrected chi connectivity index (χ2v) is 10.1. The van der Waals surface area contributed by atoms with Gasteiger partial charge in [0.05, 0.1) is 0 Å². The number of hydrogen-bond acceptors (Lipinski definition) is 0. The van der Waals surface area contributed by atoms with E-state index in [9.17, 15) is 0 Å². The summed E-state index contributed by atoms with van der Waals surface area (Å²) in [6.07, 6.45) is 8.05. The molecule has 26 heavy (non-hydrogen) atoms. The first-order valence-electron chi connectivity index (χ1n) is 8.90. The van der Waals surface area contributed by atoms with Gasteiger partial charge in [-0.3, -0.25) is 0 Å². The molecular formula is C24H18BrP. The van der Waals surface area contributed by atoms with E-state index in [1.165, 1.54) is 37.3 Å². The molecule has 0 saturated carbocycles. The fourth-order valence-corrected chi connectivity index (χ4v) is 7.42. The van der Waals surface area contributed by atoms with E-state index in [0.717, 1.165) is 6.42 Å². The Balaban J connectivity index is 1.71. The highest BCUT2D eigenvalue weighted by Gasteiger charge is 2.30. The van der Waals surface area contributed by atoms with Crippen molar-refractivity contribution >= 4 is 46.6 Å². The van der Waals surface area contributed by atoms with Crippen molar-refractivity contribution in [2.24, 2.45) is 0 Å². The van der Waals surface area contributed by atoms with Crippen LogP contribution in [0.15, 0.2) is 83.4 Å². The second-order valence-electron chi connectivity index (χ2n) is 6.76. The van der Waals surface area contributed by atoms with Crippen molar-refractivity contribution in [1.29, 1.82) is 0 Å². The Morgan fingerprint density at radius 3 is 2.54 bits per heavy atom. The SMILES string of the molecule is BrC1=Cc2c(cccc2P(c2ccccc2)C2C=Cc3ccccc32)C1. The third-order valence-electron chi connectivity index (χ3n) is 5.18. The van der Waals surface area contributed by atoms with Crippen molar-refractivity contribution in [3.8, 4) is 0 Å². The van der Waals surface area contributed by atoms with Crippen LogP contribution in [-0.2, 0) is 6.42 Å². The van der Waals surface area contributed by atoms with Gasteiger partial charge in [0.2, 0.25) is 0 Å². The normalized spacial score (nSPS) is 18.3. The first kappa shape index (κ1) is 16.2. The van der Waals surface area contributed by atoms with Gasteiger partial charge in [-0.25, -0.2) is 0 Å². The molecule has 0 heterocycles. The van der Waals surface area contributed by atoms with E-state index in [-0.39, 0.29) is 0 Å². The Hall–Kier alpha value is -1.95. The van der Waals surface area contributed by atoms with Crippen LogP contribution >= 0.6 is 23.9 Å². The highest BCUT2D eigenvalue weighted by molar-refractivity contribution is 9.11. The molecule has 0 amide bonds. The molecule has 5 rings (SSSR count). The lowest BCUT2D eigenvalue weighted by Gasteiger charge is -2.27. The summed E-state index contributed by atoms with van der Waals surface area (Å²) >= 11 is 3.72. The molecule has 0 nitrogen and oxygen atoms in total. The fraction of sp³-hybridized carbons (Fsp3) is 0.0833. The van der Waals surface area contributed by atoms with Crippen molar-refractivity contribution in [1.82, 2.24) is 0 Å². The monoisotopic (exact) mass is 416 g/mol. The van der Waals surface area contributed by atoms with Gasteiger partial charge in [0.25, 0.3) is 0 Å². The van der Waals surface area contributed by atoms with Crippen LogP contribution in [-0.4, -0.2) is 0 Å². The summed E-state index contributed by atoms with van der Waals surface area (Å²) in [7, 11) is -0.513. The van der Waals surface area contributed by atoms with Crippen molar-refractivity contribution in [2.75, 3.05) is 0 Å². The van der Waals surface area contributed by atoms with E-state index in [2.05, 4.69) is 107 Å². The third kappa shape index (κ3) is 2.71. The summed E-state index contributed by atoms with van der Waals surface area (Å²) in [6, 6.07) is 26.7. The van der Waals surface area contributed by atoms with Crippen LogP contribution in [0.3, 0.4) is 0 Å². The van der Waals surface area contributed by atoms with E-state index in [1.807, 2.05) is 0 Å². The van der Waals surface area contributed by atoms with Gasteiger partial charge in [-0.15, -0.1) is 0 Å². The lowest BCUT2D eigenvalue weighted by molar-refractivity contribution is 1.25. The maximum Gasteiger partial charge on any atom is 0.0311 e. The second kappa shape index (κ2) is 6.65. The minimum absolute atomic E-state index is 0.433. The molecule has 2 atom stereocenters. The van der Waals surface area contributed by atoms with Gasteiger partial charge in [-0.05, 0) is 46.9 Å². The predicted octanol–water partition coefficient (Wildman–Crippen LogP) is 6.18. The van der Waals surface area contributed by atoms with Crippen LogP contribution in [0.4, 0.5) is 0 Å². The summed E-state index contributed by atoms with van der Waals surface area (Å²) in [5.41, 5.74) is 6.12. The molecule has 0 radical (unpaired) electrons. The molecule has 2 aliphatic rings. The fourth-order valence-electron chi connectivity index (χ4n) is 4.01. The van der Waals surface area contributed by atoms with Crippen molar-refractivity contribution < 1.29 is 0 Å². The zero-order valence-electron chi connectivity index (χ0n) is 14.3. The highest BCUT2D eigenvalue weighted by atomic mass is 79.9. The molecule has 126 valence electrons. The van der Waals surface area contributed by atoms with E-state index >= 15 is 0 Å². The summed E-state index contributed by atoms with van der Waals surface area (Å²) in [5, 5.41) is 2.93. The van der Waals surface area contributed by atoms with E-state index in [1.54, 1.807) is 0 Å². The maximum atomic E-state index is 3.72. The van der Waals surface area contributed by atoms with Crippen molar-refractivity contribution in [3.63, 3.8) is 0 Å². The Labute approximate surface area is 164 Å². The van der Waals surface area contributed by atoms with Crippen LogP contribution < -0.4 is 10.6 Å². The van der Waals surface area contributed by atoms with Crippen LogP contribution in [0.25, 0.3) is 12.2 Å². The Kier molecular flexibility index (Phi) is 4.15. The first-order chi connectivity index (χ1) is 12.8. The number of hydrogen-bond donors (Lipinski definition) is 0. The molecule has 0 fully saturated rings. The van der Waals surface area contributed by atoms with Gasteiger partial charge >= 0.3 is 0 Å². The van der Waals surface area contributed by atoms with Crippen molar-refractivity contribution in [2.45, 2.75) is 12.1 Å². The molecule has 0 spiro atoms. The predicted molar refractivity (Wildman–Crippen MR) is 118 cm³/mol. The molecule has 0 N–H and O–H groups in total. The van der Waals surface area contributed by atoms with Crippen LogP contribution in [0, 0.1) is 0 Å². The quantitative estimate of drug-likeness (QED) is 0.447. The third-order valence-corrected chi connectivity index (χ3v) is 8.46. The van der Waals surface area contributed by atoms with Gasteiger partial charge in [0.15, 0.2) is 0 Å². The van der Waals surface area contributed by atoms with Crippen LogP contribution in [0.5, 0.6) is 0 Å². The van der Waals surface area contributed by atoms with Gasteiger partial charge in [0, 0.05) is 16.6 Å². The number of fused-ring (bicyclic) bond motifs is 2. The van der Waals surface area contributed by atoms with Gasteiger partial charge in [-0.1, -0.05) is 101 Å². The van der Waals surface area contributed by atoms with Gasteiger partial charge in [-0.2, -0.15) is 0 Å². The lowest BCUT2D eigenvalue weighted by Crippen LogP contribution is -2.18. The number of halogens is 1. The Bertz CT molecular complexity index is 1030. The maximum absolute atomic E-state index is 3.72. The molecule has 0 bridgehead atoms. The minimum Gasteiger partial charge on any atom is -0.0715 e. The number of allylic oxidation sites excluding steroid dienone is 2. The molecule has 2 unspecified atom stereocenters. The highest BCUT2D eigenvalue weighted by Crippen LogP contribution is 2.55. The molecule has 0 saturated heterocycles. The molecule has 0 aliphatic heterocycles. The summed E-state index contributed by atoms with van der Waals surface area (Å²) in [6.45, 7) is 0. The average molecular weight is 417 g/mol. The summed E-state index contributed by atoms with van der Waals surface area (Å²) in [4.78, 5) is 0. The zero-order valence-corrected chi connectivity index (χ0v) is 16.8. The lowest BCUT2D eigenvalue weighted by atomic mass is 10.1. The molecular weight excluding hydrogens is 399 g/mol. The Morgan fingerprint density at radius 2 is 1.65 bits per heavy atom. The zero-order chi connectivity index (χ0) is 17.5. The minimum atomic E-state index is -0.513. The van der Waals surface area contributed by atoms with E-state index < -0.39 is 7.92 Å². The van der Waals surface area contributed by atoms with Crippen LogP contribution in [0.2, 0.25) is 0 Å². The summed E-state index contributed by atoms with van der Waals surface area (Å²) < 4.78 is 1.28. The first-order valence-corrected chi connectivity index (χ1v) is 11.1. The Morgan fingerprint density at radius 1 is 0.846 bits per heavy atom. The van der Waals surface area contributed by atoms with Gasteiger partial charge in [0.1, 0.15) is 0 Å². The van der Waals surface area contributed by atoms with E-state index in [4.69, 9.17) is 0 Å². The standard InChI is InChI=1S/C24H18BrP/c25-19-15-18-8-6-12-23(22(18)16-19)26(20-9-2-1-3-10-20)24-14-13-17-7-4-5-11-21(17)24/h1-14,16,24H,15H2. The smallest absolute Gasteiger partial charge is 0.0311 e. The molecule has 2 aliphatic carbocycles. The number of rotatable bonds is 3. The largest absolute Gasteiger partial charge is 0.0715 e. The number of benzene rings is 3. The molecule has 0 aromatic heterocycles. The van der Waals surface area contributed by atoms with E-state index in [0.29, 0.717) is 5.66 Å². The topological polar surface area (TPSA) is 0 Å². The average Bonchev–Trinajstić information content (AvgIpc) is 3.26. The van der Waals surface area contributed by atoms with Crippen molar-refractivity contribution in [3.05, 3.63) is 106 Å². The van der Waals surface area contributed by atoms with Crippen LogP contribution in [0.1, 0.15) is 27.9 Å². The van der Waals surface area contributed by atoms with Gasteiger partial charge < -0.3 is 0 Å².